The molecular weight excluding hydrogens is 352 g/mol. The maximum absolute atomic E-state index is 5.98. The molecule has 2 rings (SSSR count). The smallest absolute Gasteiger partial charge is 0.193 e. The van der Waals surface area contributed by atoms with Gasteiger partial charge in [-0.3, -0.25) is 4.99 Å². The summed E-state index contributed by atoms with van der Waals surface area (Å²) in [7, 11) is 3.87. The van der Waals surface area contributed by atoms with Crippen LogP contribution < -0.4 is 10.2 Å². The number of ether oxygens (including phenoxy) is 2. The third kappa shape index (κ3) is 7.32. The summed E-state index contributed by atoms with van der Waals surface area (Å²) in [6.07, 6.45) is 3.43. The molecule has 0 aliphatic carbocycles. The Bertz CT molecular complexity index is 559. The van der Waals surface area contributed by atoms with Gasteiger partial charge in [0.25, 0.3) is 0 Å². The number of para-hydroxylation sites is 1. The molecule has 0 radical (unpaired) electrons. The Morgan fingerprint density at radius 2 is 1.96 bits per heavy atom. The van der Waals surface area contributed by atoms with E-state index in [9.17, 15) is 0 Å². The summed E-state index contributed by atoms with van der Waals surface area (Å²) < 4.78 is 11.1. The van der Waals surface area contributed by atoms with Gasteiger partial charge in [-0.05, 0) is 45.2 Å². The van der Waals surface area contributed by atoms with E-state index in [2.05, 4.69) is 60.3 Å². The van der Waals surface area contributed by atoms with Gasteiger partial charge in [-0.15, -0.1) is 0 Å². The van der Waals surface area contributed by atoms with Crippen LogP contribution in [0.3, 0.4) is 0 Å². The molecule has 6 heteroatoms. The summed E-state index contributed by atoms with van der Waals surface area (Å²) in [4.78, 5) is 9.58. The number of guanidine groups is 1. The minimum atomic E-state index is 0.331. The van der Waals surface area contributed by atoms with Gasteiger partial charge in [0.15, 0.2) is 5.96 Å². The second kappa shape index (κ2) is 12.6. The van der Waals surface area contributed by atoms with E-state index in [1.165, 1.54) is 5.69 Å². The van der Waals surface area contributed by atoms with Gasteiger partial charge in [-0.1, -0.05) is 18.2 Å². The molecule has 0 amide bonds. The monoisotopic (exact) mass is 390 g/mol. The van der Waals surface area contributed by atoms with Crippen LogP contribution in [-0.4, -0.2) is 76.6 Å². The van der Waals surface area contributed by atoms with Crippen LogP contribution in [0.2, 0.25) is 0 Å². The van der Waals surface area contributed by atoms with Crippen LogP contribution in [0.5, 0.6) is 0 Å². The van der Waals surface area contributed by atoms with E-state index in [-0.39, 0.29) is 0 Å². The molecule has 0 aromatic heterocycles. The predicted molar refractivity (Wildman–Crippen MR) is 117 cm³/mol. The number of aliphatic imine (C=N–C) groups is 1. The molecule has 0 bridgehead atoms. The Hall–Kier alpha value is -1.79. The van der Waals surface area contributed by atoms with Crippen LogP contribution >= 0.6 is 0 Å². The highest BCUT2D eigenvalue weighted by Crippen LogP contribution is 2.16. The molecule has 1 heterocycles. The van der Waals surface area contributed by atoms with Gasteiger partial charge in [0.05, 0.1) is 12.6 Å². The zero-order valence-corrected chi connectivity index (χ0v) is 18.1. The van der Waals surface area contributed by atoms with Crippen LogP contribution in [0.25, 0.3) is 0 Å². The van der Waals surface area contributed by atoms with Gasteiger partial charge in [0.2, 0.25) is 0 Å². The van der Waals surface area contributed by atoms with Crippen molar-refractivity contribution in [3.8, 4) is 0 Å². The molecule has 28 heavy (non-hydrogen) atoms. The molecule has 1 saturated heterocycles. The van der Waals surface area contributed by atoms with Crippen LogP contribution in [0.15, 0.2) is 35.3 Å². The standard InChI is InChI=1S/C22H38N4O2/c1-5-23-22(24-18-19(2)25(3)20-10-7-6-8-11-20)26-14-12-21(13-15-26)28-17-9-16-27-4/h6-8,10-11,19,21H,5,9,12-18H2,1-4H3,(H,23,24). The fourth-order valence-corrected chi connectivity index (χ4v) is 3.37. The number of nitrogens with one attached hydrogen (secondary N) is 1. The van der Waals surface area contributed by atoms with E-state index in [1.807, 2.05) is 6.07 Å². The van der Waals surface area contributed by atoms with E-state index in [4.69, 9.17) is 14.5 Å². The van der Waals surface area contributed by atoms with E-state index < -0.39 is 0 Å². The first-order chi connectivity index (χ1) is 13.7. The van der Waals surface area contributed by atoms with Crippen molar-refractivity contribution in [3.05, 3.63) is 30.3 Å². The molecule has 1 unspecified atom stereocenters. The summed E-state index contributed by atoms with van der Waals surface area (Å²) in [6, 6.07) is 10.8. The summed E-state index contributed by atoms with van der Waals surface area (Å²) in [5.41, 5.74) is 1.22. The SMILES string of the molecule is CCNC(=NCC(C)N(C)c1ccccc1)N1CCC(OCCCOC)CC1. The summed E-state index contributed by atoms with van der Waals surface area (Å²) in [6.45, 7) is 9.53. The van der Waals surface area contributed by atoms with Crippen molar-refractivity contribution in [2.24, 2.45) is 4.99 Å². The van der Waals surface area contributed by atoms with Gasteiger partial charge in [-0.2, -0.15) is 0 Å². The Morgan fingerprint density at radius 1 is 1.25 bits per heavy atom. The Labute approximate surface area is 170 Å². The molecule has 1 atom stereocenters. The van der Waals surface area contributed by atoms with E-state index in [0.717, 1.165) is 64.6 Å². The largest absolute Gasteiger partial charge is 0.385 e. The van der Waals surface area contributed by atoms with Gasteiger partial charge in [-0.25, -0.2) is 0 Å². The number of hydrogen-bond acceptors (Lipinski definition) is 4. The zero-order valence-electron chi connectivity index (χ0n) is 18.1. The van der Waals surface area contributed by atoms with Crippen molar-refractivity contribution in [2.75, 3.05) is 58.5 Å². The molecule has 1 aromatic carbocycles. The maximum atomic E-state index is 5.98. The highest BCUT2D eigenvalue weighted by molar-refractivity contribution is 5.80. The first-order valence-corrected chi connectivity index (χ1v) is 10.6. The van der Waals surface area contributed by atoms with Crippen molar-refractivity contribution < 1.29 is 9.47 Å². The highest BCUT2D eigenvalue weighted by atomic mass is 16.5. The van der Waals surface area contributed by atoms with Crippen molar-refractivity contribution in [1.29, 1.82) is 0 Å². The van der Waals surface area contributed by atoms with Gasteiger partial charge < -0.3 is 24.6 Å². The fraction of sp³-hybridized carbons (Fsp3) is 0.682. The number of nitrogens with zero attached hydrogens (tertiary/aromatic N) is 3. The quantitative estimate of drug-likeness (QED) is 0.378. The lowest BCUT2D eigenvalue weighted by Gasteiger charge is -2.34. The summed E-state index contributed by atoms with van der Waals surface area (Å²) in [5.74, 6) is 1.02. The number of methoxy groups -OCH3 is 1. The lowest BCUT2D eigenvalue weighted by atomic mass is 10.1. The van der Waals surface area contributed by atoms with Crippen LogP contribution in [0, 0.1) is 0 Å². The third-order valence-corrected chi connectivity index (χ3v) is 5.25. The average molecular weight is 391 g/mol. The molecule has 1 aliphatic rings. The molecular formula is C22H38N4O2. The number of rotatable bonds is 10. The molecule has 1 N–H and O–H groups in total. The number of hydrogen-bond donors (Lipinski definition) is 1. The molecule has 1 aromatic rings. The minimum Gasteiger partial charge on any atom is -0.385 e. The van der Waals surface area contributed by atoms with Crippen LogP contribution in [-0.2, 0) is 9.47 Å². The Kier molecular flexibility index (Phi) is 10.1. The van der Waals surface area contributed by atoms with E-state index >= 15 is 0 Å². The van der Waals surface area contributed by atoms with Crippen molar-refractivity contribution in [1.82, 2.24) is 10.2 Å². The number of benzene rings is 1. The van der Waals surface area contributed by atoms with Gasteiger partial charge >= 0.3 is 0 Å². The summed E-state index contributed by atoms with van der Waals surface area (Å²) in [5, 5.41) is 3.46. The second-order valence-corrected chi connectivity index (χ2v) is 7.39. The van der Waals surface area contributed by atoms with Crippen molar-refractivity contribution in [3.63, 3.8) is 0 Å². The Balaban J connectivity index is 1.83. The average Bonchev–Trinajstić information content (AvgIpc) is 2.74. The molecule has 1 aliphatic heterocycles. The van der Waals surface area contributed by atoms with Crippen LogP contribution in [0.1, 0.15) is 33.1 Å². The van der Waals surface area contributed by atoms with E-state index in [1.54, 1.807) is 7.11 Å². The van der Waals surface area contributed by atoms with Gasteiger partial charge in [0, 0.05) is 58.7 Å². The van der Waals surface area contributed by atoms with Crippen molar-refractivity contribution in [2.45, 2.75) is 45.3 Å². The third-order valence-electron chi connectivity index (χ3n) is 5.25. The molecule has 0 saturated carbocycles. The second-order valence-electron chi connectivity index (χ2n) is 7.39. The highest BCUT2D eigenvalue weighted by Gasteiger charge is 2.22. The number of likely N-dealkylation sites (tertiary alicyclic amines) is 1. The lowest BCUT2D eigenvalue weighted by molar-refractivity contribution is 0.00990. The zero-order chi connectivity index (χ0) is 20.2. The van der Waals surface area contributed by atoms with Crippen LogP contribution in [0.4, 0.5) is 5.69 Å². The van der Waals surface area contributed by atoms with E-state index in [0.29, 0.717) is 12.1 Å². The predicted octanol–water partition coefficient (Wildman–Crippen LogP) is 2.99. The summed E-state index contributed by atoms with van der Waals surface area (Å²) >= 11 is 0. The molecule has 0 spiro atoms. The molecule has 1 fully saturated rings. The van der Waals surface area contributed by atoms with Gasteiger partial charge in [0.1, 0.15) is 0 Å². The number of piperidine rings is 1. The molecule has 6 nitrogen and oxygen atoms in total. The van der Waals surface area contributed by atoms with Crippen molar-refractivity contribution >= 4 is 11.6 Å². The molecule has 158 valence electrons. The lowest BCUT2D eigenvalue weighted by Crippen LogP contribution is -2.47. The fourth-order valence-electron chi connectivity index (χ4n) is 3.37. The maximum Gasteiger partial charge on any atom is 0.193 e. The topological polar surface area (TPSA) is 49.3 Å². The number of anilines is 1. The normalized spacial score (nSPS) is 16.9. The minimum absolute atomic E-state index is 0.331. The number of likely N-dealkylation sites (N-methyl/N-ethyl adjacent to an activating group) is 1. The first kappa shape index (κ1) is 22.5. The Morgan fingerprint density at radius 3 is 2.61 bits per heavy atom. The first-order valence-electron chi connectivity index (χ1n) is 10.6.